The molecule has 0 aliphatic carbocycles. The number of fused-ring (bicyclic) bond motifs is 1. The number of hydrogen-bond donors (Lipinski definition) is 0. The molecule has 0 aromatic heterocycles. The summed E-state index contributed by atoms with van der Waals surface area (Å²) in [6, 6.07) is 3.63. The lowest BCUT2D eigenvalue weighted by molar-refractivity contribution is -0.114. The lowest BCUT2D eigenvalue weighted by Gasteiger charge is -2.18. The Balaban J connectivity index is 2.36. The van der Waals surface area contributed by atoms with E-state index in [-0.39, 0.29) is 0 Å². The van der Waals surface area contributed by atoms with E-state index in [1.54, 1.807) is 11.0 Å². The van der Waals surface area contributed by atoms with Gasteiger partial charge in [-0.25, -0.2) is 0 Å². The number of anilines is 1. The molecule has 0 spiro atoms. The number of alkyl halides is 1. The smallest absolute Gasteiger partial charge is 0.299 e. The number of ketones is 1. The molecule has 0 saturated carbocycles. The summed E-state index contributed by atoms with van der Waals surface area (Å²) < 4.78 is 0.822. The Morgan fingerprint density at radius 1 is 1.28 bits per heavy atom. The normalized spacial score (nSPS) is 14.3. The fourth-order valence-electron chi connectivity index (χ4n) is 2.18. The maximum absolute atomic E-state index is 11.9. The molecule has 0 bridgehead atoms. The molecule has 0 radical (unpaired) electrons. The van der Waals surface area contributed by atoms with Crippen molar-refractivity contribution in [3.05, 3.63) is 27.7 Å². The second-order valence-electron chi connectivity index (χ2n) is 4.30. The zero-order valence-corrected chi connectivity index (χ0v) is 12.3. The second kappa shape index (κ2) is 5.41. The van der Waals surface area contributed by atoms with Gasteiger partial charge in [0.1, 0.15) is 0 Å². The summed E-state index contributed by atoms with van der Waals surface area (Å²) in [6.45, 7) is 2.46. The molecule has 3 nitrogen and oxygen atoms in total. The van der Waals surface area contributed by atoms with E-state index in [4.69, 9.17) is 11.6 Å². The summed E-state index contributed by atoms with van der Waals surface area (Å²) in [4.78, 5) is 25.4. The highest BCUT2D eigenvalue weighted by atomic mass is 79.9. The molecule has 1 amide bonds. The largest absolute Gasteiger partial charge is 0.304 e. The number of Topliss-reactive ketones (excluding diaryl/α,β-unsaturated/α-hetero) is 1. The van der Waals surface area contributed by atoms with Crippen molar-refractivity contribution >= 4 is 44.9 Å². The fourth-order valence-corrected chi connectivity index (χ4v) is 2.95. The standard InChI is InChI=1S/C13H13BrClNO2/c1-8-6-9(14)7-10-11(8)16(5-3-2-4-15)13(18)12(10)17/h6-7H,2-5H2,1H3. The first-order valence-electron chi connectivity index (χ1n) is 5.78. The highest BCUT2D eigenvalue weighted by molar-refractivity contribution is 9.10. The van der Waals surface area contributed by atoms with Crippen LogP contribution < -0.4 is 4.90 Å². The number of carbonyl (C=O) groups is 2. The Labute approximate surface area is 119 Å². The molecule has 0 unspecified atom stereocenters. The van der Waals surface area contributed by atoms with Crippen LogP contribution in [0.15, 0.2) is 16.6 Å². The van der Waals surface area contributed by atoms with E-state index in [1.165, 1.54) is 0 Å². The highest BCUT2D eigenvalue weighted by Crippen LogP contribution is 2.35. The van der Waals surface area contributed by atoms with E-state index in [1.807, 2.05) is 13.0 Å². The van der Waals surface area contributed by atoms with Crippen molar-refractivity contribution in [2.45, 2.75) is 19.8 Å². The minimum Gasteiger partial charge on any atom is -0.304 e. The van der Waals surface area contributed by atoms with Crippen LogP contribution in [0.25, 0.3) is 0 Å². The average Bonchev–Trinajstić information content (AvgIpc) is 2.55. The molecule has 0 fully saturated rings. The molecule has 18 heavy (non-hydrogen) atoms. The Bertz CT molecular complexity index is 516. The predicted molar refractivity (Wildman–Crippen MR) is 75.5 cm³/mol. The van der Waals surface area contributed by atoms with E-state index in [0.717, 1.165) is 28.6 Å². The molecule has 5 heteroatoms. The maximum atomic E-state index is 11.9. The predicted octanol–water partition coefficient (Wildman–Crippen LogP) is 3.31. The average molecular weight is 331 g/mol. The Morgan fingerprint density at radius 2 is 2.00 bits per heavy atom. The van der Waals surface area contributed by atoms with Gasteiger partial charge in [0.15, 0.2) is 0 Å². The van der Waals surface area contributed by atoms with Gasteiger partial charge in [0.05, 0.1) is 11.3 Å². The molecular formula is C13H13BrClNO2. The van der Waals surface area contributed by atoms with Gasteiger partial charge in [0.2, 0.25) is 0 Å². The van der Waals surface area contributed by atoms with Crippen molar-refractivity contribution in [1.82, 2.24) is 0 Å². The fraction of sp³-hybridized carbons (Fsp3) is 0.385. The van der Waals surface area contributed by atoms with E-state index in [0.29, 0.717) is 18.0 Å². The van der Waals surface area contributed by atoms with Crippen LogP contribution in [0.1, 0.15) is 28.8 Å². The summed E-state index contributed by atoms with van der Waals surface area (Å²) in [5.74, 6) is -0.275. The van der Waals surface area contributed by atoms with Crippen LogP contribution >= 0.6 is 27.5 Å². The minimum absolute atomic E-state index is 0.416. The number of unbranched alkanes of at least 4 members (excludes halogenated alkanes) is 1. The topological polar surface area (TPSA) is 37.4 Å². The van der Waals surface area contributed by atoms with Gasteiger partial charge in [-0.05, 0) is 37.5 Å². The number of amides is 1. The lowest BCUT2D eigenvalue weighted by Crippen LogP contribution is -2.31. The molecule has 0 atom stereocenters. The van der Waals surface area contributed by atoms with E-state index < -0.39 is 11.7 Å². The molecule has 96 valence electrons. The molecule has 1 heterocycles. The third-order valence-corrected chi connectivity index (χ3v) is 3.71. The zero-order valence-electron chi connectivity index (χ0n) is 10.0. The number of hydrogen-bond acceptors (Lipinski definition) is 2. The molecule has 1 aromatic rings. The number of aryl methyl sites for hydroxylation is 1. The van der Waals surface area contributed by atoms with Gasteiger partial charge in [0, 0.05) is 16.9 Å². The second-order valence-corrected chi connectivity index (χ2v) is 5.59. The maximum Gasteiger partial charge on any atom is 0.299 e. The Morgan fingerprint density at radius 3 is 2.67 bits per heavy atom. The first kappa shape index (κ1) is 13.6. The van der Waals surface area contributed by atoms with Crippen molar-refractivity contribution < 1.29 is 9.59 Å². The first-order chi connectivity index (χ1) is 8.56. The van der Waals surface area contributed by atoms with Gasteiger partial charge in [-0.2, -0.15) is 0 Å². The summed E-state index contributed by atoms with van der Waals surface area (Å²) in [5.41, 5.74) is 2.19. The first-order valence-corrected chi connectivity index (χ1v) is 7.11. The lowest BCUT2D eigenvalue weighted by atomic mass is 10.1. The van der Waals surface area contributed by atoms with E-state index in [9.17, 15) is 9.59 Å². The van der Waals surface area contributed by atoms with Crippen molar-refractivity contribution in [1.29, 1.82) is 0 Å². The molecule has 1 aromatic carbocycles. The van der Waals surface area contributed by atoms with Crippen LogP contribution in [0, 0.1) is 6.92 Å². The summed E-state index contributed by atoms with van der Waals surface area (Å²) in [7, 11) is 0. The molecule has 1 aliphatic rings. The minimum atomic E-state index is -0.430. The molecule has 0 saturated heterocycles. The summed E-state index contributed by atoms with van der Waals surface area (Å²) in [5, 5.41) is 0. The van der Waals surface area contributed by atoms with E-state index in [2.05, 4.69) is 15.9 Å². The quantitative estimate of drug-likeness (QED) is 0.482. The van der Waals surface area contributed by atoms with Crippen molar-refractivity contribution in [3.8, 4) is 0 Å². The monoisotopic (exact) mass is 329 g/mol. The van der Waals surface area contributed by atoms with Gasteiger partial charge in [-0.1, -0.05) is 15.9 Å². The SMILES string of the molecule is Cc1cc(Br)cc2c1N(CCCCCl)C(=O)C2=O. The van der Waals surface area contributed by atoms with Crippen molar-refractivity contribution in [2.75, 3.05) is 17.3 Å². The van der Waals surface area contributed by atoms with Crippen LogP contribution in [-0.4, -0.2) is 24.1 Å². The summed E-state index contributed by atoms with van der Waals surface area (Å²) in [6.07, 6.45) is 1.64. The van der Waals surface area contributed by atoms with Gasteiger partial charge in [-0.15, -0.1) is 11.6 Å². The van der Waals surface area contributed by atoms with Crippen LogP contribution in [-0.2, 0) is 4.79 Å². The number of nitrogens with zero attached hydrogens (tertiary/aromatic N) is 1. The number of benzene rings is 1. The summed E-state index contributed by atoms with van der Waals surface area (Å²) >= 11 is 8.98. The van der Waals surface area contributed by atoms with Gasteiger partial charge in [-0.3, -0.25) is 9.59 Å². The van der Waals surface area contributed by atoms with Crippen LogP contribution in [0.5, 0.6) is 0 Å². The van der Waals surface area contributed by atoms with Crippen LogP contribution in [0.3, 0.4) is 0 Å². The van der Waals surface area contributed by atoms with Crippen LogP contribution in [0.4, 0.5) is 5.69 Å². The molecule has 1 aliphatic heterocycles. The molecular weight excluding hydrogens is 318 g/mol. The third-order valence-electron chi connectivity index (χ3n) is 2.98. The zero-order chi connectivity index (χ0) is 13.3. The Hall–Kier alpha value is -0.870. The molecule has 2 rings (SSSR count). The number of carbonyl (C=O) groups excluding carboxylic acids is 2. The van der Waals surface area contributed by atoms with Crippen molar-refractivity contribution in [2.24, 2.45) is 0 Å². The number of rotatable bonds is 4. The third kappa shape index (κ3) is 2.31. The van der Waals surface area contributed by atoms with E-state index >= 15 is 0 Å². The Kier molecular flexibility index (Phi) is 4.07. The van der Waals surface area contributed by atoms with Crippen molar-refractivity contribution in [3.63, 3.8) is 0 Å². The number of halogens is 2. The van der Waals surface area contributed by atoms with Gasteiger partial charge < -0.3 is 4.90 Å². The van der Waals surface area contributed by atoms with Gasteiger partial charge >= 0.3 is 0 Å². The molecule has 0 N–H and O–H groups in total. The van der Waals surface area contributed by atoms with Crippen LogP contribution in [0.2, 0.25) is 0 Å². The van der Waals surface area contributed by atoms with Gasteiger partial charge in [0.25, 0.3) is 11.7 Å². The highest BCUT2D eigenvalue weighted by Gasteiger charge is 2.36.